The average Bonchev–Trinajstić information content (AvgIpc) is 2.41. The molecule has 3 nitrogen and oxygen atoms in total. The molecule has 0 saturated carbocycles. The molecule has 1 atom stereocenters. The molecule has 18 heavy (non-hydrogen) atoms. The van der Waals surface area contributed by atoms with Crippen LogP contribution in [0, 0.1) is 0 Å². The maximum absolute atomic E-state index is 4.11. The number of nitrogens with zero attached hydrogens (tertiary/aromatic N) is 2. The average molecular weight is 241 g/mol. The molecule has 0 radical (unpaired) electrons. The van der Waals surface area contributed by atoms with Gasteiger partial charge in [-0.3, -0.25) is 0 Å². The summed E-state index contributed by atoms with van der Waals surface area (Å²) >= 11 is 0. The smallest absolute Gasteiger partial charge is 0.115 e. The quantitative estimate of drug-likeness (QED) is 0.894. The first kappa shape index (κ1) is 12.7. The van der Waals surface area contributed by atoms with Crippen LogP contribution in [-0.2, 0) is 5.41 Å². The van der Waals surface area contributed by atoms with Crippen molar-refractivity contribution in [3.05, 3.63) is 60.2 Å². The standard InChI is InChI=1S/C15H19N3/c1-15(2,13-7-5-4-6-8-13)14(16-3)12-9-17-11-18-10-12/h4-11,14,16H,1-3H3. The lowest BCUT2D eigenvalue weighted by molar-refractivity contribution is 0.367. The second-order valence-corrected chi connectivity index (χ2v) is 4.98. The number of nitrogens with one attached hydrogen (secondary N) is 1. The van der Waals surface area contributed by atoms with E-state index in [1.165, 1.54) is 5.56 Å². The van der Waals surface area contributed by atoms with Gasteiger partial charge in [0.05, 0.1) is 0 Å². The van der Waals surface area contributed by atoms with Crippen LogP contribution in [-0.4, -0.2) is 17.0 Å². The topological polar surface area (TPSA) is 37.8 Å². The van der Waals surface area contributed by atoms with Crippen molar-refractivity contribution in [2.75, 3.05) is 7.05 Å². The van der Waals surface area contributed by atoms with Crippen LogP contribution in [0.1, 0.15) is 31.0 Å². The van der Waals surface area contributed by atoms with Gasteiger partial charge in [0.25, 0.3) is 0 Å². The van der Waals surface area contributed by atoms with Gasteiger partial charge < -0.3 is 5.32 Å². The van der Waals surface area contributed by atoms with E-state index < -0.39 is 0 Å². The Kier molecular flexibility index (Phi) is 3.72. The molecule has 1 heterocycles. The Morgan fingerprint density at radius 2 is 1.67 bits per heavy atom. The van der Waals surface area contributed by atoms with Crippen LogP contribution in [0.15, 0.2) is 49.1 Å². The van der Waals surface area contributed by atoms with Crippen molar-refractivity contribution < 1.29 is 0 Å². The van der Waals surface area contributed by atoms with E-state index in [4.69, 9.17) is 0 Å². The lowest BCUT2D eigenvalue weighted by Crippen LogP contribution is -2.35. The SMILES string of the molecule is CNC(c1cncnc1)C(C)(C)c1ccccc1. The van der Waals surface area contributed by atoms with E-state index in [-0.39, 0.29) is 11.5 Å². The van der Waals surface area contributed by atoms with Crippen LogP contribution < -0.4 is 5.32 Å². The van der Waals surface area contributed by atoms with Crippen LogP contribution in [0.3, 0.4) is 0 Å². The Morgan fingerprint density at radius 3 is 2.22 bits per heavy atom. The van der Waals surface area contributed by atoms with Crippen molar-refractivity contribution in [3.63, 3.8) is 0 Å². The van der Waals surface area contributed by atoms with Crippen LogP contribution in [0.5, 0.6) is 0 Å². The molecule has 0 fully saturated rings. The Bertz CT molecular complexity index is 480. The minimum absolute atomic E-state index is 0.0271. The van der Waals surface area contributed by atoms with Crippen molar-refractivity contribution >= 4 is 0 Å². The van der Waals surface area contributed by atoms with Crippen molar-refractivity contribution in [3.8, 4) is 0 Å². The number of aromatic nitrogens is 2. The molecule has 0 spiro atoms. The van der Waals surface area contributed by atoms with Crippen molar-refractivity contribution in [2.24, 2.45) is 0 Å². The predicted molar refractivity (Wildman–Crippen MR) is 73.3 cm³/mol. The summed E-state index contributed by atoms with van der Waals surface area (Å²) in [5.74, 6) is 0. The van der Waals surface area contributed by atoms with Gasteiger partial charge in [-0.2, -0.15) is 0 Å². The van der Waals surface area contributed by atoms with Crippen molar-refractivity contribution in [2.45, 2.75) is 25.3 Å². The zero-order valence-corrected chi connectivity index (χ0v) is 11.1. The van der Waals surface area contributed by atoms with Gasteiger partial charge in [-0.1, -0.05) is 44.2 Å². The maximum Gasteiger partial charge on any atom is 0.115 e. The number of rotatable bonds is 4. The van der Waals surface area contributed by atoms with E-state index in [0.717, 1.165) is 5.56 Å². The molecule has 2 aromatic rings. The first-order valence-corrected chi connectivity index (χ1v) is 6.14. The highest BCUT2D eigenvalue weighted by Gasteiger charge is 2.31. The van der Waals surface area contributed by atoms with Gasteiger partial charge in [-0.25, -0.2) is 9.97 Å². The fourth-order valence-electron chi connectivity index (χ4n) is 2.44. The maximum atomic E-state index is 4.11. The predicted octanol–water partition coefficient (Wildman–Crippen LogP) is 2.71. The fourth-order valence-corrected chi connectivity index (χ4v) is 2.44. The van der Waals surface area contributed by atoms with Crippen LogP contribution >= 0.6 is 0 Å². The van der Waals surface area contributed by atoms with E-state index in [0.29, 0.717) is 0 Å². The minimum atomic E-state index is -0.0271. The Balaban J connectivity index is 2.38. The van der Waals surface area contributed by atoms with E-state index in [1.54, 1.807) is 6.33 Å². The van der Waals surface area contributed by atoms with Crippen LogP contribution in [0.25, 0.3) is 0 Å². The highest BCUT2D eigenvalue weighted by molar-refractivity contribution is 5.29. The molecule has 0 saturated heterocycles. The summed E-state index contributed by atoms with van der Waals surface area (Å²) in [6, 6.07) is 10.7. The Labute approximate surface area is 108 Å². The van der Waals surface area contributed by atoms with Gasteiger partial charge in [-0.15, -0.1) is 0 Å². The van der Waals surface area contributed by atoms with E-state index in [1.807, 2.05) is 25.5 Å². The molecule has 2 rings (SSSR count). The molecule has 0 amide bonds. The van der Waals surface area contributed by atoms with E-state index >= 15 is 0 Å². The van der Waals surface area contributed by atoms with Gasteiger partial charge in [0.1, 0.15) is 6.33 Å². The van der Waals surface area contributed by atoms with Gasteiger partial charge in [0, 0.05) is 29.4 Å². The summed E-state index contributed by atoms with van der Waals surface area (Å²) in [5, 5.41) is 3.38. The molecular formula is C15H19N3. The number of benzene rings is 1. The summed E-state index contributed by atoms with van der Waals surface area (Å²) in [4.78, 5) is 8.22. The molecule has 0 bridgehead atoms. The first-order valence-electron chi connectivity index (χ1n) is 6.14. The Hall–Kier alpha value is -1.74. The summed E-state index contributed by atoms with van der Waals surface area (Å²) in [6.45, 7) is 4.47. The zero-order chi connectivity index (χ0) is 13.0. The van der Waals surface area contributed by atoms with E-state index in [2.05, 4.69) is 53.4 Å². The minimum Gasteiger partial charge on any atom is -0.312 e. The fraction of sp³-hybridized carbons (Fsp3) is 0.333. The third-order valence-corrected chi connectivity index (χ3v) is 3.44. The first-order chi connectivity index (χ1) is 8.66. The molecule has 0 aliphatic rings. The van der Waals surface area contributed by atoms with E-state index in [9.17, 15) is 0 Å². The Morgan fingerprint density at radius 1 is 1.06 bits per heavy atom. The van der Waals surface area contributed by atoms with Gasteiger partial charge in [0.2, 0.25) is 0 Å². The largest absolute Gasteiger partial charge is 0.312 e. The highest BCUT2D eigenvalue weighted by atomic mass is 14.9. The molecular weight excluding hydrogens is 222 g/mol. The summed E-state index contributed by atoms with van der Waals surface area (Å²) < 4.78 is 0. The van der Waals surface area contributed by atoms with Crippen molar-refractivity contribution in [1.82, 2.24) is 15.3 Å². The lowest BCUT2D eigenvalue weighted by atomic mass is 9.75. The highest BCUT2D eigenvalue weighted by Crippen LogP contribution is 2.35. The van der Waals surface area contributed by atoms with Gasteiger partial charge in [-0.05, 0) is 12.6 Å². The third kappa shape index (κ3) is 2.41. The van der Waals surface area contributed by atoms with Gasteiger partial charge in [0.15, 0.2) is 0 Å². The second kappa shape index (κ2) is 5.27. The third-order valence-electron chi connectivity index (χ3n) is 3.44. The van der Waals surface area contributed by atoms with Crippen molar-refractivity contribution in [1.29, 1.82) is 0 Å². The number of likely N-dealkylation sites (N-methyl/N-ethyl adjacent to an activating group) is 1. The monoisotopic (exact) mass is 241 g/mol. The molecule has 1 unspecified atom stereocenters. The molecule has 0 aliphatic heterocycles. The van der Waals surface area contributed by atoms with Crippen LogP contribution in [0.4, 0.5) is 0 Å². The van der Waals surface area contributed by atoms with Gasteiger partial charge >= 0.3 is 0 Å². The zero-order valence-electron chi connectivity index (χ0n) is 11.1. The summed E-state index contributed by atoms with van der Waals surface area (Å²) in [6.07, 6.45) is 5.31. The second-order valence-electron chi connectivity index (χ2n) is 4.98. The molecule has 0 aliphatic carbocycles. The lowest BCUT2D eigenvalue weighted by Gasteiger charge is -2.34. The normalized spacial score (nSPS) is 13.3. The summed E-state index contributed by atoms with van der Waals surface area (Å²) in [7, 11) is 1.97. The summed E-state index contributed by atoms with van der Waals surface area (Å²) in [5.41, 5.74) is 2.38. The molecule has 1 aromatic heterocycles. The molecule has 1 aromatic carbocycles. The molecule has 3 heteroatoms. The molecule has 1 N–H and O–H groups in total. The van der Waals surface area contributed by atoms with Crippen LogP contribution in [0.2, 0.25) is 0 Å². The number of hydrogen-bond acceptors (Lipinski definition) is 3. The number of hydrogen-bond donors (Lipinski definition) is 1. The molecule has 94 valence electrons.